The fraction of sp³-hybridized carbons (Fsp3) is 0.389. The molecule has 2 aromatic heterocycles. The van der Waals surface area contributed by atoms with E-state index in [-0.39, 0.29) is 0 Å². The number of likely N-dealkylation sites (tertiary alicyclic amines) is 1. The number of benzene rings is 1. The summed E-state index contributed by atoms with van der Waals surface area (Å²) in [5, 5.41) is 5.40. The maximum Gasteiger partial charge on any atom is 0.134 e. The smallest absolute Gasteiger partial charge is 0.134 e. The van der Waals surface area contributed by atoms with Gasteiger partial charge in [-0.1, -0.05) is 29.8 Å². The van der Waals surface area contributed by atoms with Crippen LogP contribution >= 0.6 is 0 Å². The highest BCUT2D eigenvalue weighted by Gasteiger charge is 2.27. The first-order valence-corrected chi connectivity index (χ1v) is 7.94. The normalized spacial score (nSPS) is 19.8. The molecule has 4 nitrogen and oxygen atoms in total. The molecule has 0 aliphatic carbocycles. The molecular formula is C18H20N2O2. The Labute approximate surface area is 129 Å². The maximum absolute atomic E-state index is 5.97. The molecule has 4 rings (SSSR count). The number of aryl methyl sites for hydroxylation is 1. The number of hydrogen-bond acceptors (Lipinski definition) is 4. The Morgan fingerprint density at radius 3 is 2.95 bits per heavy atom. The van der Waals surface area contributed by atoms with Crippen LogP contribution < -0.4 is 0 Å². The van der Waals surface area contributed by atoms with Crippen LogP contribution in [-0.4, -0.2) is 16.6 Å². The summed E-state index contributed by atoms with van der Waals surface area (Å²) in [6, 6.07) is 12.7. The number of hydrogen-bond donors (Lipinski definition) is 0. The van der Waals surface area contributed by atoms with Gasteiger partial charge in [-0.15, -0.1) is 0 Å². The van der Waals surface area contributed by atoms with E-state index in [1.165, 1.54) is 18.2 Å². The van der Waals surface area contributed by atoms with Crippen molar-refractivity contribution >= 4 is 11.0 Å². The molecule has 0 saturated carbocycles. The summed E-state index contributed by atoms with van der Waals surface area (Å²) in [6.45, 7) is 3.85. The summed E-state index contributed by atoms with van der Waals surface area (Å²) in [5.74, 6) is 1.90. The number of furan rings is 1. The molecule has 3 aromatic rings. The van der Waals surface area contributed by atoms with Gasteiger partial charge in [0.15, 0.2) is 0 Å². The minimum absolute atomic E-state index is 0.333. The predicted octanol–water partition coefficient (Wildman–Crippen LogP) is 4.46. The lowest BCUT2D eigenvalue weighted by Crippen LogP contribution is -2.33. The van der Waals surface area contributed by atoms with Crippen molar-refractivity contribution in [1.82, 2.24) is 10.1 Å². The van der Waals surface area contributed by atoms with Gasteiger partial charge in [-0.3, -0.25) is 4.90 Å². The first-order valence-electron chi connectivity index (χ1n) is 7.94. The molecule has 3 heterocycles. The van der Waals surface area contributed by atoms with E-state index in [4.69, 9.17) is 8.94 Å². The van der Waals surface area contributed by atoms with Crippen LogP contribution in [0.15, 0.2) is 45.3 Å². The molecule has 4 heteroatoms. The lowest BCUT2D eigenvalue weighted by atomic mass is 9.99. The first-order chi connectivity index (χ1) is 10.8. The summed E-state index contributed by atoms with van der Waals surface area (Å²) in [5.41, 5.74) is 2.01. The van der Waals surface area contributed by atoms with Crippen molar-refractivity contribution in [3.63, 3.8) is 0 Å². The van der Waals surface area contributed by atoms with E-state index in [9.17, 15) is 0 Å². The highest BCUT2D eigenvalue weighted by Crippen LogP contribution is 2.32. The molecule has 1 fully saturated rings. The predicted molar refractivity (Wildman–Crippen MR) is 84.5 cm³/mol. The number of para-hydroxylation sites is 1. The second-order valence-corrected chi connectivity index (χ2v) is 6.10. The second-order valence-electron chi connectivity index (χ2n) is 6.10. The quantitative estimate of drug-likeness (QED) is 0.716. The largest absolute Gasteiger partial charge is 0.460 e. The molecule has 22 heavy (non-hydrogen) atoms. The molecule has 0 N–H and O–H groups in total. The SMILES string of the molecule is Cc1cc(C2CCCCN2Cc2cc3ccccc3o2)no1. The zero-order chi connectivity index (χ0) is 14.9. The molecule has 1 saturated heterocycles. The van der Waals surface area contributed by atoms with E-state index in [1.807, 2.05) is 25.1 Å². The van der Waals surface area contributed by atoms with Gasteiger partial charge in [0.05, 0.1) is 12.6 Å². The highest BCUT2D eigenvalue weighted by atomic mass is 16.5. The van der Waals surface area contributed by atoms with Crippen LogP contribution in [0.2, 0.25) is 0 Å². The van der Waals surface area contributed by atoms with Crippen molar-refractivity contribution in [1.29, 1.82) is 0 Å². The van der Waals surface area contributed by atoms with Crippen LogP contribution in [0.4, 0.5) is 0 Å². The van der Waals surface area contributed by atoms with Gasteiger partial charge in [0.25, 0.3) is 0 Å². The summed E-state index contributed by atoms with van der Waals surface area (Å²) in [7, 11) is 0. The molecule has 1 aromatic carbocycles. The molecule has 1 unspecified atom stereocenters. The van der Waals surface area contributed by atoms with Gasteiger partial charge in [-0.05, 0) is 38.4 Å². The van der Waals surface area contributed by atoms with Crippen molar-refractivity contribution in [2.45, 2.75) is 38.8 Å². The summed E-state index contributed by atoms with van der Waals surface area (Å²) < 4.78 is 11.2. The number of rotatable bonds is 3. The summed E-state index contributed by atoms with van der Waals surface area (Å²) in [4.78, 5) is 2.46. The molecule has 1 aliphatic rings. The van der Waals surface area contributed by atoms with Crippen LogP contribution in [0.3, 0.4) is 0 Å². The van der Waals surface area contributed by atoms with Gasteiger partial charge in [-0.2, -0.15) is 0 Å². The molecule has 1 aliphatic heterocycles. The van der Waals surface area contributed by atoms with Gasteiger partial charge >= 0.3 is 0 Å². The third kappa shape index (κ3) is 2.55. The van der Waals surface area contributed by atoms with Crippen molar-refractivity contribution in [3.05, 3.63) is 53.6 Å². The van der Waals surface area contributed by atoms with E-state index in [0.717, 1.165) is 42.3 Å². The van der Waals surface area contributed by atoms with Crippen LogP contribution in [0.25, 0.3) is 11.0 Å². The minimum atomic E-state index is 0.333. The highest BCUT2D eigenvalue weighted by molar-refractivity contribution is 5.77. The monoisotopic (exact) mass is 296 g/mol. The molecular weight excluding hydrogens is 276 g/mol. The maximum atomic E-state index is 5.97. The second kappa shape index (κ2) is 5.61. The molecule has 0 radical (unpaired) electrons. The third-order valence-electron chi connectivity index (χ3n) is 4.44. The fourth-order valence-electron chi connectivity index (χ4n) is 3.37. The fourth-order valence-corrected chi connectivity index (χ4v) is 3.37. The van der Waals surface area contributed by atoms with E-state index in [2.05, 4.69) is 28.3 Å². The van der Waals surface area contributed by atoms with Gasteiger partial charge in [0.1, 0.15) is 22.8 Å². The van der Waals surface area contributed by atoms with Gasteiger partial charge in [0.2, 0.25) is 0 Å². The Morgan fingerprint density at radius 1 is 1.23 bits per heavy atom. The van der Waals surface area contributed by atoms with Gasteiger partial charge in [-0.25, -0.2) is 0 Å². The molecule has 1 atom stereocenters. The van der Waals surface area contributed by atoms with Crippen LogP contribution in [0.5, 0.6) is 0 Å². The Kier molecular flexibility index (Phi) is 3.47. The standard InChI is InChI=1S/C18H20N2O2/c1-13-10-16(19-22-13)17-7-4-5-9-20(17)12-15-11-14-6-2-3-8-18(14)21-15/h2-3,6,8,10-11,17H,4-5,7,9,12H2,1H3. The van der Waals surface area contributed by atoms with E-state index < -0.39 is 0 Å². The van der Waals surface area contributed by atoms with Crippen molar-refractivity contribution < 1.29 is 8.94 Å². The topological polar surface area (TPSA) is 42.4 Å². The van der Waals surface area contributed by atoms with Crippen molar-refractivity contribution in [2.75, 3.05) is 6.54 Å². The molecule has 0 bridgehead atoms. The lowest BCUT2D eigenvalue weighted by Gasteiger charge is -2.33. The van der Waals surface area contributed by atoms with Gasteiger partial charge < -0.3 is 8.94 Å². The molecule has 114 valence electrons. The van der Waals surface area contributed by atoms with Crippen LogP contribution in [0.1, 0.15) is 42.5 Å². The number of piperidine rings is 1. The average molecular weight is 296 g/mol. The summed E-state index contributed by atoms with van der Waals surface area (Å²) >= 11 is 0. The number of fused-ring (bicyclic) bond motifs is 1. The Bertz CT molecular complexity index is 741. The van der Waals surface area contributed by atoms with Crippen LogP contribution in [0, 0.1) is 6.92 Å². The Morgan fingerprint density at radius 2 is 2.14 bits per heavy atom. The zero-order valence-corrected chi connectivity index (χ0v) is 12.8. The van der Waals surface area contributed by atoms with E-state index in [1.54, 1.807) is 0 Å². The van der Waals surface area contributed by atoms with E-state index >= 15 is 0 Å². The van der Waals surface area contributed by atoms with Crippen molar-refractivity contribution in [3.8, 4) is 0 Å². The van der Waals surface area contributed by atoms with Crippen LogP contribution in [-0.2, 0) is 6.54 Å². The molecule has 0 amide bonds. The summed E-state index contributed by atoms with van der Waals surface area (Å²) in [6.07, 6.45) is 3.60. The zero-order valence-electron chi connectivity index (χ0n) is 12.8. The van der Waals surface area contributed by atoms with E-state index in [0.29, 0.717) is 6.04 Å². The average Bonchev–Trinajstić information content (AvgIpc) is 3.13. The third-order valence-corrected chi connectivity index (χ3v) is 4.44. The number of nitrogens with zero attached hydrogens (tertiary/aromatic N) is 2. The minimum Gasteiger partial charge on any atom is -0.460 e. The Balaban J connectivity index is 1.59. The van der Waals surface area contributed by atoms with Gasteiger partial charge in [0, 0.05) is 11.5 Å². The first kappa shape index (κ1) is 13.6. The number of aromatic nitrogens is 1. The molecule has 0 spiro atoms. The van der Waals surface area contributed by atoms with Crippen molar-refractivity contribution in [2.24, 2.45) is 0 Å². The Hall–Kier alpha value is -2.07. The lowest BCUT2D eigenvalue weighted by molar-refractivity contribution is 0.125.